The lowest BCUT2D eigenvalue weighted by Crippen LogP contribution is -2.06. The van der Waals surface area contributed by atoms with Crippen molar-refractivity contribution in [1.29, 1.82) is 0 Å². The summed E-state index contributed by atoms with van der Waals surface area (Å²) in [5, 5.41) is 0. The smallest absolute Gasteiger partial charge is 0.0530 e. The third-order valence-electron chi connectivity index (χ3n) is 3.54. The first kappa shape index (κ1) is 14.7. The van der Waals surface area contributed by atoms with E-state index in [9.17, 15) is 0 Å². The predicted octanol–water partition coefficient (Wildman–Crippen LogP) is 4.35. The summed E-state index contributed by atoms with van der Waals surface area (Å²) in [5.74, 6) is 0.798. The van der Waals surface area contributed by atoms with Gasteiger partial charge < -0.3 is 5.73 Å². The molecular formula is C16H26N2. The molecule has 0 aromatic heterocycles. The first-order chi connectivity index (χ1) is 8.63. The van der Waals surface area contributed by atoms with Crippen molar-refractivity contribution < 1.29 is 0 Å². The minimum absolute atomic E-state index is 0.798. The molecule has 0 radical (unpaired) electrons. The molecule has 0 atom stereocenters. The highest BCUT2D eigenvalue weighted by Gasteiger charge is 2.13. The highest BCUT2D eigenvalue weighted by molar-refractivity contribution is 5.93. The zero-order valence-corrected chi connectivity index (χ0v) is 11.9. The summed E-state index contributed by atoms with van der Waals surface area (Å²) in [5.41, 5.74) is 8.73. The molecule has 1 fully saturated rings. The summed E-state index contributed by atoms with van der Waals surface area (Å²) in [4.78, 5) is 4.34. The molecule has 0 saturated heterocycles. The molecule has 0 heterocycles. The Hall–Kier alpha value is -1.31. The fourth-order valence-corrected chi connectivity index (χ4v) is 2.39. The van der Waals surface area contributed by atoms with Gasteiger partial charge in [0.15, 0.2) is 0 Å². The van der Waals surface area contributed by atoms with Gasteiger partial charge in [0.2, 0.25) is 0 Å². The Morgan fingerprint density at radius 2 is 1.78 bits per heavy atom. The third-order valence-corrected chi connectivity index (χ3v) is 3.54. The number of nitrogens with two attached hydrogens (primary N) is 1. The first-order valence-corrected chi connectivity index (χ1v) is 6.92. The average Bonchev–Trinajstić information content (AvgIpc) is 2.39. The van der Waals surface area contributed by atoms with Crippen LogP contribution in [0.2, 0.25) is 0 Å². The van der Waals surface area contributed by atoms with Crippen molar-refractivity contribution in [3.8, 4) is 0 Å². The van der Waals surface area contributed by atoms with E-state index in [1.165, 1.54) is 43.9 Å². The van der Waals surface area contributed by atoms with E-state index in [0.717, 1.165) is 17.3 Å². The van der Waals surface area contributed by atoms with Crippen LogP contribution < -0.4 is 5.73 Å². The van der Waals surface area contributed by atoms with Gasteiger partial charge in [-0.15, -0.1) is 0 Å². The minimum Gasteiger partial charge on any atom is -0.403 e. The van der Waals surface area contributed by atoms with Crippen molar-refractivity contribution in [2.24, 2.45) is 16.6 Å². The summed E-state index contributed by atoms with van der Waals surface area (Å²) in [6.07, 6.45) is 14.8. The second-order valence-electron chi connectivity index (χ2n) is 5.17. The fourth-order valence-electron chi connectivity index (χ4n) is 2.39. The zero-order chi connectivity index (χ0) is 13.4. The van der Waals surface area contributed by atoms with Crippen LogP contribution in [0.3, 0.4) is 0 Å². The summed E-state index contributed by atoms with van der Waals surface area (Å²) < 4.78 is 0. The Balaban J connectivity index is 2.53. The molecule has 1 rings (SSSR count). The van der Waals surface area contributed by atoms with Crippen LogP contribution in [-0.4, -0.2) is 5.71 Å². The number of allylic oxidation sites excluding steroid dienone is 5. The first-order valence-electron chi connectivity index (χ1n) is 6.92. The molecule has 2 nitrogen and oxygen atoms in total. The standard InChI is InChI=1S/C16H26N2/c1-13(16-10-5-4-6-11-16)8-7-9-14(2)18-15(3)12-17/h7-9,12,16H,4-6,10-11,17H2,1-3H3/b9-7+,13-8+,15-12-,18-14+. The van der Waals surface area contributed by atoms with Crippen LogP contribution in [0.5, 0.6) is 0 Å². The second-order valence-corrected chi connectivity index (χ2v) is 5.17. The topological polar surface area (TPSA) is 38.4 Å². The highest BCUT2D eigenvalue weighted by Crippen LogP contribution is 2.29. The van der Waals surface area contributed by atoms with Gasteiger partial charge in [0.25, 0.3) is 0 Å². The van der Waals surface area contributed by atoms with Crippen LogP contribution in [0.4, 0.5) is 0 Å². The number of hydrogen-bond donors (Lipinski definition) is 1. The fraction of sp³-hybridized carbons (Fsp3) is 0.562. The van der Waals surface area contributed by atoms with Gasteiger partial charge in [-0.05, 0) is 45.6 Å². The number of aliphatic imine (C=N–C) groups is 1. The molecular weight excluding hydrogens is 220 g/mol. The van der Waals surface area contributed by atoms with Crippen LogP contribution in [-0.2, 0) is 0 Å². The Labute approximate surface area is 111 Å². The summed E-state index contributed by atoms with van der Waals surface area (Å²) >= 11 is 0. The molecule has 1 saturated carbocycles. The van der Waals surface area contributed by atoms with Gasteiger partial charge in [-0.25, -0.2) is 0 Å². The van der Waals surface area contributed by atoms with E-state index < -0.39 is 0 Å². The molecule has 0 aliphatic heterocycles. The lowest BCUT2D eigenvalue weighted by Gasteiger charge is -2.22. The molecule has 0 spiro atoms. The lowest BCUT2D eigenvalue weighted by atomic mass is 9.84. The van der Waals surface area contributed by atoms with Crippen molar-refractivity contribution in [1.82, 2.24) is 0 Å². The van der Waals surface area contributed by atoms with Gasteiger partial charge >= 0.3 is 0 Å². The Morgan fingerprint density at radius 1 is 1.11 bits per heavy atom. The number of nitrogens with zero attached hydrogens (tertiary/aromatic N) is 1. The SMILES string of the molecule is CC(=C/N)/N=C(C)/C=C/C=C(\C)C1CCCCC1. The van der Waals surface area contributed by atoms with Gasteiger partial charge in [0.05, 0.1) is 5.70 Å². The number of hydrogen-bond acceptors (Lipinski definition) is 2. The summed E-state index contributed by atoms with van der Waals surface area (Å²) in [6.45, 7) is 6.14. The predicted molar refractivity (Wildman–Crippen MR) is 80.5 cm³/mol. The van der Waals surface area contributed by atoms with Crippen molar-refractivity contribution in [3.63, 3.8) is 0 Å². The molecule has 100 valence electrons. The summed E-state index contributed by atoms with van der Waals surface area (Å²) in [6, 6.07) is 0. The van der Waals surface area contributed by atoms with Crippen molar-refractivity contribution in [2.75, 3.05) is 0 Å². The monoisotopic (exact) mass is 246 g/mol. The third kappa shape index (κ3) is 5.35. The van der Waals surface area contributed by atoms with Crippen LogP contribution >= 0.6 is 0 Å². The van der Waals surface area contributed by atoms with Crippen molar-refractivity contribution >= 4 is 5.71 Å². The van der Waals surface area contributed by atoms with E-state index in [4.69, 9.17) is 5.73 Å². The van der Waals surface area contributed by atoms with Gasteiger partial charge in [-0.2, -0.15) is 0 Å². The van der Waals surface area contributed by atoms with E-state index in [1.54, 1.807) is 0 Å². The Bertz CT molecular complexity index is 367. The Morgan fingerprint density at radius 3 is 2.39 bits per heavy atom. The van der Waals surface area contributed by atoms with Crippen LogP contribution in [0.15, 0.2) is 40.7 Å². The molecule has 0 amide bonds. The maximum Gasteiger partial charge on any atom is 0.0530 e. The van der Waals surface area contributed by atoms with E-state index >= 15 is 0 Å². The van der Waals surface area contributed by atoms with Crippen molar-refractivity contribution in [2.45, 2.75) is 52.9 Å². The molecule has 0 unspecified atom stereocenters. The minimum atomic E-state index is 0.798. The van der Waals surface area contributed by atoms with E-state index in [2.05, 4.69) is 24.1 Å². The molecule has 0 bridgehead atoms. The quantitative estimate of drug-likeness (QED) is 0.581. The average molecular weight is 246 g/mol. The van der Waals surface area contributed by atoms with Crippen molar-refractivity contribution in [3.05, 3.63) is 35.7 Å². The van der Waals surface area contributed by atoms with Crippen LogP contribution in [0.1, 0.15) is 52.9 Å². The van der Waals surface area contributed by atoms with E-state index in [1.807, 2.05) is 19.9 Å². The van der Waals surface area contributed by atoms with Gasteiger partial charge in [0.1, 0.15) is 0 Å². The highest BCUT2D eigenvalue weighted by atomic mass is 14.8. The molecule has 2 N–H and O–H groups in total. The molecule has 0 aromatic carbocycles. The van der Waals surface area contributed by atoms with Gasteiger partial charge in [-0.3, -0.25) is 4.99 Å². The Kier molecular flexibility index (Phi) is 6.48. The maximum atomic E-state index is 5.39. The summed E-state index contributed by atoms with van der Waals surface area (Å²) in [7, 11) is 0. The molecule has 18 heavy (non-hydrogen) atoms. The van der Waals surface area contributed by atoms with E-state index in [-0.39, 0.29) is 0 Å². The largest absolute Gasteiger partial charge is 0.403 e. The van der Waals surface area contributed by atoms with E-state index in [0.29, 0.717) is 0 Å². The zero-order valence-electron chi connectivity index (χ0n) is 11.9. The van der Waals surface area contributed by atoms with Gasteiger partial charge in [0, 0.05) is 11.9 Å². The van der Waals surface area contributed by atoms with Crippen LogP contribution in [0.25, 0.3) is 0 Å². The molecule has 1 aliphatic carbocycles. The second kappa shape index (κ2) is 7.91. The maximum absolute atomic E-state index is 5.39. The number of rotatable bonds is 4. The normalized spacial score (nSPS) is 20.7. The van der Waals surface area contributed by atoms with Crippen LogP contribution in [0, 0.1) is 5.92 Å². The molecule has 0 aromatic rings. The molecule has 1 aliphatic rings. The van der Waals surface area contributed by atoms with Gasteiger partial charge in [-0.1, -0.05) is 37.0 Å². The molecule has 2 heteroatoms. The lowest BCUT2D eigenvalue weighted by molar-refractivity contribution is 0.403.